The Morgan fingerprint density at radius 3 is 2.66 bits per heavy atom. The summed E-state index contributed by atoms with van der Waals surface area (Å²) in [5.41, 5.74) is 1.87. The third-order valence-electron chi connectivity index (χ3n) is 5.22. The zero-order chi connectivity index (χ0) is 20.5. The minimum atomic E-state index is -0.545. The summed E-state index contributed by atoms with van der Waals surface area (Å²) in [7, 11) is 0. The van der Waals surface area contributed by atoms with E-state index in [1.165, 1.54) is 6.07 Å². The highest BCUT2D eigenvalue weighted by Crippen LogP contribution is 2.37. The van der Waals surface area contributed by atoms with Crippen LogP contribution in [0.4, 0.5) is 26.0 Å². The van der Waals surface area contributed by atoms with Crippen LogP contribution in [-0.2, 0) is 6.54 Å². The number of halogens is 2. The first-order valence-corrected chi connectivity index (χ1v) is 9.32. The topological polar surface area (TPSA) is 67.5 Å². The van der Waals surface area contributed by atoms with Crippen molar-refractivity contribution in [1.29, 1.82) is 5.26 Å². The number of allylic oxidation sites excluding steroid dienone is 1. The molecule has 8 heteroatoms. The molecule has 0 spiro atoms. The third kappa shape index (κ3) is 3.69. The number of fused-ring (bicyclic) bond motifs is 1. The van der Waals surface area contributed by atoms with E-state index in [9.17, 15) is 8.78 Å². The average molecular weight is 394 g/mol. The number of hydrogen-bond donors (Lipinski definition) is 1. The van der Waals surface area contributed by atoms with Crippen molar-refractivity contribution in [3.05, 3.63) is 59.4 Å². The fraction of sp³-hybridized carbons (Fsp3) is 0.286. The summed E-state index contributed by atoms with van der Waals surface area (Å²) in [6, 6.07) is 6.85. The lowest BCUT2D eigenvalue weighted by atomic mass is 10.1. The summed E-state index contributed by atoms with van der Waals surface area (Å²) in [5, 5.41) is 11.7. The van der Waals surface area contributed by atoms with Crippen LogP contribution in [0.15, 0.2) is 41.7 Å². The molecule has 0 unspecified atom stereocenters. The number of benzene rings is 1. The third-order valence-corrected chi connectivity index (χ3v) is 5.22. The van der Waals surface area contributed by atoms with Gasteiger partial charge in [-0.1, -0.05) is 6.58 Å². The summed E-state index contributed by atoms with van der Waals surface area (Å²) in [4.78, 5) is 12.6. The Bertz CT molecular complexity index is 1030. The fourth-order valence-corrected chi connectivity index (χ4v) is 3.50. The smallest absolute Gasteiger partial charge is 0.153 e. The van der Waals surface area contributed by atoms with Gasteiger partial charge in [0.2, 0.25) is 0 Å². The van der Waals surface area contributed by atoms with Crippen LogP contribution in [0.25, 0.3) is 0 Å². The Labute approximate surface area is 167 Å². The number of aromatic nitrogens is 1. The van der Waals surface area contributed by atoms with Gasteiger partial charge >= 0.3 is 0 Å². The maximum Gasteiger partial charge on any atom is 0.153 e. The van der Waals surface area contributed by atoms with Gasteiger partial charge in [0.05, 0.1) is 17.0 Å². The van der Waals surface area contributed by atoms with Gasteiger partial charge in [-0.05, 0) is 25.1 Å². The lowest BCUT2D eigenvalue weighted by Gasteiger charge is -2.35. The van der Waals surface area contributed by atoms with Gasteiger partial charge in [0.15, 0.2) is 11.6 Å². The van der Waals surface area contributed by atoms with E-state index < -0.39 is 11.6 Å². The van der Waals surface area contributed by atoms with E-state index in [2.05, 4.69) is 37.7 Å². The molecule has 0 amide bonds. The van der Waals surface area contributed by atoms with Crippen molar-refractivity contribution >= 4 is 22.9 Å². The van der Waals surface area contributed by atoms with Crippen LogP contribution in [0.3, 0.4) is 0 Å². The number of anilines is 2. The Balaban J connectivity index is 1.46. The molecule has 2 aliphatic rings. The van der Waals surface area contributed by atoms with Gasteiger partial charge in [-0.15, -0.1) is 0 Å². The Morgan fingerprint density at radius 2 is 2.00 bits per heavy atom. The maximum absolute atomic E-state index is 15.0. The summed E-state index contributed by atoms with van der Waals surface area (Å²) < 4.78 is 29.5. The molecule has 0 radical (unpaired) electrons. The quantitative estimate of drug-likeness (QED) is 0.862. The van der Waals surface area contributed by atoms with Crippen LogP contribution in [0, 0.1) is 23.0 Å². The lowest BCUT2D eigenvalue weighted by molar-refractivity contribution is 0.246. The molecule has 6 nitrogen and oxygen atoms in total. The SMILES string of the molecule is C=C1Nc2c(F)c(CN3CCN(c4ccc(C#N)cn4)CC3)cc(F)c2N=C1C. The fourth-order valence-electron chi connectivity index (χ4n) is 3.50. The van der Waals surface area contributed by atoms with E-state index in [0.717, 1.165) is 5.82 Å². The molecular weight excluding hydrogens is 374 g/mol. The Morgan fingerprint density at radius 1 is 1.24 bits per heavy atom. The van der Waals surface area contributed by atoms with Crippen molar-refractivity contribution in [2.45, 2.75) is 13.5 Å². The van der Waals surface area contributed by atoms with Crippen molar-refractivity contribution in [2.75, 3.05) is 36.4 Å². The average Bonchev–Trinajstić information content (AvgIpc) is 2.74. The minimum Gasteiger partial charge on any atom is -0.354 e. The first-order valence-electron chi connectivity index (χ1n) is 9.32. The van der Waals surface area contributed by atoms with Crippen molar-refractivity contribution in [1.82, 2.24) is 9.88 Å². The summed E-state index contributed by atoms with van der Waals surface area (Å²) in [6.45, 7) is 8.61. The molecule has 1 aromatic carbocycles. The molecule has 0 bridgehead atoms. The highest BCUT2D eigenvalue weighted by atomic mass is 19.1. The number of aliphatic imine (C=N–C) groups is 1. The van der Waals surface area contributed by atoms with E-state index >= 15 is 0 Å². The van der Waals surface area contributed by atoms with Crippen LogP contribution in [0.1, 0.15) is 18.1 Å². The lowest BCUT2D eigenvalue weighted by Crippen LogP contribution is -2.46. The molecule has 148 valence electrons. The Hall–Kier alpha value is -3.31. The monoisotopic (exact) mass is 394 g/mol. The minimum absolute atomic E-state index is 0.00661. The van der Waals surface area contributed by atoms with E-state index in [4.69, 9.17) is 5.26 Å². The number of piperazine rings is 1. The van der Waals surface area contributed by atoms with Crippen molar-refractivity contribution < 1.29 is 8.78 Å². The predicted molar refractivity (Wildman–Crippen MR) is 108 cm³/mol. The molecule has 29 heavy (non-hydrogen) atoms. The molecule has 1 aromatic heterocycles. The van der Waals surface area contributed by atoms with E-state index in [1.54, 1.807) is 19.2 Å². The first-order chi connectivity index (χ1) is 14.0. The molecule has 1 fully saturated rings. The zero-order valence-corrected chi connectivity index (χ0v) is 16.0. The summed E-state index contributed by atoms with van der Waals surface area (Å²) >= 11 is 0. The van der Waals surface area contributed by atoms with Crippen LogP contribution in [0.2, 0.25) is 0 Å². The normalized spacial score (nSPS) is 16.7. The van der Waals surface area contributed by atoms with Crippen LogP contribution in [-0.4, -0.2) is 41.8 Å². The molecule has 3 heterocycles. The maximum atomic E-state index is 15.0. The highest BCUT2D eigenvalue weighted by Gasteiger charge is 2.25. The summed E-state index contributed by atoms with van der Waals surface area (Å²) in [6.07, 6.45) is 1.55. The number of pyridine rings is 1. The van der Waals surface area contributed by atoms with Crippen molar-refractivity contribution in [2.24, 2.45) is 4.99 Å². The van der Waals surface area contributed by atoms with Crippen LogP contribution >= 0.6 is 0 Å². The van der Waals surface area contributed by atoms with E-state index in [1.807, 2.05) is 6.07 Å². The molecule has 1 saturated heterocycles. The molecule has 4 rings (SSSR count). The number of nitrogens with zero attached hydrogens (tertiary/aromatic N) is 5. The second-order valence-corrected chi connectivity index (χ2v) is 7.14. The largest absolute Gasteiger partial charge is 0.354 e. The molecule has 0 atom stereocenters. The van der Waals surface area contributed by atoms with E-state index in [-0.39, 0.29) is 11.4 Å². The summed E-state index contributed by atoms with van der Waals surface area (Å²) in [5.74, 6) is -0.225. The van der Waals surface area contributed by atoms with Crippen molar-refractivity contribution in [3.63, 3.8) is 0 Å². The first kappa shape index (κ1) is 19.0. The number of rotatable bonds is 3. The Kier molecular flexibility index (Phi) is 4.99. The predicted octanol–water partition coefficient (Wildman–Crippen LogP) is 3.59. The van der Waals surface area contributed by atoms with Gasteiger partial charge in [0.25, 0.3) is 0 Å². The standard InChI is InChI=1S/C21H20F2N6/c1-13-14(2)27-21-19(23)16(9-17(22)20(21)26-13)12-28-5-7-29(8-6-28)18-4-3-15(10-24)11-25-18/h3-4,9,11,27H,2,5-8,12H2,1H3. The molecule has 0 saturated carbocycles. The number of hydrogen-bond acceptors (Lipinski definition) is 6. The van der Waals surface area contributed by atoms with Gasteiger partial charge < -0.3 is 10.2 Å². The van der Waals surface area contributed by atoms with Crippen LogP contribution in [0.5, 0.6) is 0 Å². The molecule has 2 aromatic rings. The van der Waals surface area contributed by atoms with Gasteiger partial charge in [-0.2, -0.15) is 5.26 Å². The molecule has 0 aliphatic carbocycles. The molecule has 1 N–H and O–H groups in total. The zero-order valence-electron chi connectivity index (χ0n) is 16.0. The highest BCUT2D eigenvalue weighted by molar-refractivity contribution is 6.05. The molecular formula is C21H20F2N6. The number of nitrogens with one attached hydrogen (secondary N) is 1. The van der Waals surface area contributed by atoms with E-state index in [0.29, 0.717) is 55.3 Å². The van der Waals surface area contributed by atoms with Gasteiger partial charge in [-0.3, -0.25) is 4.90 Å². The van der Waals surface area contributed by atoms with Crippen molar-refractivity contribution in [3.8, 4) is 6.07 Å². The second kappa shape index (κ2) is 7.60. The van der Waals surface area contributed by atoms with Gasteiger partial charge in [0.1, 0.15) is 23.3 Å². The van der Waals surface area contributed by atoms with Gasteiger partial charge in [-0.25, -0.2) is 18.8 Å². The van der Waals surface area contributed by atoms with Gasteiger partial charge in [0, 0.05) is 44.5 Å². The number of nitriles is 1. The second-order valence-electron chi connectivity index (χ2n) is 7.14. The van der Waals surface area contributed by atoms with Crippen LogP contribution < -0.4 is 10.2 Å². The molecule has 2 aliphatic heterocycles.